The number of hydrogen-bond donors (Lipinski definition) is 1. The molecule has 0 aromatic heterocycles. The molecule has 2 nitrogen and oxygen atoms in total. The molecule has 1 atom stereocenters. The summed E-state index contributed by atoms with van der Waals surface area (Å²) in [6.45, 7) is 1.99. The van der Waals surface area contributed by atoms with Crippen LogP contribution >= 0.6 is 11.6 Å². The summed E-state index contributed by atoms with van der Waals surface area (Å²) in [7, 11) is 1.65. The Balaban J connectivity index is 2.82. The largest absolute Gasteiger partial charge is 0.496 e. The molecule has 0 aliphatic rings. The number of ether oxygens (including phenoxy) is 1. The van der Waals surface area contributed by atoms with Gasteiger partial charge in [0.15, 0.2) is 0 Å². The molecule has 3 heteroatoms. The van der Waals surface area contributed by atoms with Crippen molar-refractivity contribution in [3.63, 3.8) is 0 Å². The summed E-state index contributed by atoms with van der Waals surface area (Å²) in [5.74, 6) is 0.846. The Kier molecular flexibility index (Phi) is 4.23. The SMILES string of the molecule is COc1cccc(Cl)c1CC[C@H](C)N. The van der Waals surface area contributed by atoms with Crippen molar-refractivity contribution in [1.29, 1.82) is 0 Å². The highest BCUT2D eigenvalue weighted by atomic mass is 35.5. The van der Waals surface area contributed by atoms with Crippen molar-refractivity contribution in [3.05, 3.63) is 28.8 Å². The van der Waals surface area contributed by atoms with Crippen LogP contribution in [-0.2, 0) is 6.42 Å². The standard InChI is InChI=1S/C11H16ClNO/c1-8(13)6-7-9-10(12)4-3-5-11(9)14-2/h3-5,8H,6-7,13H2,1-2H3/t8-/m0/s1. The number of rotatable bonds is 4. The van der Waals surface area contributed by atoms with Crippen LogP contribution in [0.3, 0.4) is 0 Å². The van der Waals surface area contributed by atoms with E-state index in [1.807, 2.05) is 25.1 Å². The van der Waals surface area contributed by atoms with Gasteiger partial charge in [0.25, 0.3) is 0 Å². The molecular weight excluding hydrogens is 198 g/mol. The van der Waals surface area contributed by atoms with Crippen LogP contribution in [0.1, 0.15) is 18.9 Å². The number of hydrogen-bond acceptors (Lipinski definition) is 2. The van der Waals surface area contributed by atoms with Gasteiger partial charge >= 0.3 is 0 Å². The molecule has 0 spiro atoms. The van der Waals surface area contributed by atoms with Gasteiger partial charge in [-0.3, -0.25) is 0 Å². The van der Waals surface area contributed by atoms with E-state index >= 15 is 0 Å². The van der Waals surface area contributed by atoms with Gasteiger partial charge in [-0.1, -0.05) is 17.7 Å². The Labute approximate surface area is 90.0 Å². The van der Waals surface area contributed by atoms with E-state index in [0.717, 1.165) is 29.2 Å². The van der Waals surface area contributed by atoms with E-state index in [4.69, 9.17) is 22.1 Å². The molecule has 0 aliphatic carbocycles. The molecule has 1 rings (SSSR count). The van der Waals surface area contributed by atoms with Crippen LogP contribution in [0, 0.1) is 0 Å². The molecule has 0 saturated carbocycles. The summed E-state index contributed by atoms with van der Waals surface area (Å²) in [4.78, 5) is 0. The highest BCUT2D eigenvalue weighted by Crippen LogP contribution is 2.27. The summed E-state index contributed by atoms with van der Waals surface area (Å²) < 4.78 is 5.23. The fourth-order valence-corrected chi connectivity index (χ4v) is 1.61. The molecule has 0 saturated heterocycles. The number of benzene rings is 1. The van der Waals surface area contributed by atoms with Crippen molar-refractivity contribution >= 4 is 11.6 Å². The Morgan fingerprint density at radius 2 is 2.21 bits per heavy atom. The second-order valence-electron chi connectivity index (χ2n) is 3.44. The van der Waals surface area contributed by atoms with Crippen molar-refractivity contribution in [2.24, 2.45) is 5.73 Å². The fraction of sp³-hybridized carbons (Fsp3) is 0.455. The van der Waals surface area contributed by atoms with Crippen molar-refractivity contribution in [1.82, 2.24) is 0 Å². The Morgan fingerprint density at radius 1 is 1.50 bits per heavy atom. The highest BCUT2D eigenvalue weighted by molar-refractivity contribution is 6.31. The molecule has 0 aliphatic heterocycles. The third kappa shape index (κ3) is 2.89. The molecular formula is C11H16ClNO. The smallest absolute Gasteiger partial charge is 0.123 e. The lowest BCUT2D eigenvalue weighted by atomic mass is 10.1. The topological polar surface area (TPSA) is 35.2 Å². The molecule has 0 bridgehead atoms. The second-order valence-corrected chi connectivity index (χ2v) is 3.84. The molecule has 0 fully saturated rings. The Hall–Kier alpha value is -0.730. The van der Waals surface area contributed by atoms with Crippen LogP contribution in [0.4, 0.5) is 0 Å². The van der Waals surface area contributed by atoms with Gasteiger partial charge in [0, 0.05) is 16.6 Å². The molecule has 1 aromatic carbocycles. The zero-order valence-corrected chi connectivity index (χ0v) is 9.34. The molecule has 0 heterocycles. The number of nitrogens with two attached hydrogens (primary N) is 1. The quantitative estimate of drug-likeness (QED) is 0.835. The highest BCUT2D eigenvalue weighted by Gasteiger charge is 2.07. The van der Waals surface area contributed by atoms with Gasteiger partial charge in [0.1, 0.15) is 5.75 Å². The lowest BCUT2D eigenvalue weighted by molar-refractivity contribution is 0.408. The normalized spacial score (nSPS) is 12.6. The second kappa shape index (κ2) is 5.23. The van der Waals surface area contributed by atoms with Crippen molar-refractivity contribution in [2.45, 2.75) is 25.8 Å². The van der Waals surface area contributed by atoms with Crippen LogP contribution in [0.25, 0.3) is 0 Å². The molecule has 0 radical (unpaired) electrons. The van der Waals surface area contributed by atoms with E-state index in [0.29, 0.717) is 0 Å². The monoisotopic (exact) mass is 213 g/mol. The van der Waals surface area contributed by atoms with Gasteiger partial charge in [-0.15, -0.1) is 0 Å². The zero-order chi connectivity index (χ0) is 10.6. The summed E-state index contributed by atoms with van der Waals surface area (Å²) in [5.41, 5.74) is 6.75. The van der Waals surface area contributed by atoms with E-state index in [1.54, 1.807) is 7.11 Å². The van der Waals surface area contributed by atoms with Crippen LogP contribution in [0.5, 0.6) is 5.75 Å². The van der Waals surface area contributed by atoms with Crippen molar-refractivity contribution in [2.75, 3.05) is 7.11 Å². The lowest BCUT2D eigenvalue weighted by Crippen LogP contribution is -2.15. The van der Waals surface area contributed by atoms with E-state index in [2.05, 4.69) is 0 Å². The first-order valence-electron chi connectivity index (χ1n) is 4.72. The van der Waals surface area contributed by atoms with E-state index in [1.165, 1.54) is 0 Å². The Bertz CT molecular complexity index is 299. The average molecular weight is 214 g/mol. The van der Waals surface area contributed by atoms with Crippen molar-refractivity contribution in [3.8, 4) is 5.75 Å². The molecule has 14 heavy (non-hydrogen) atoms. The van der Waals surface area contributed by atoms with Crippen LogP contribution < -0.4 is 10.5 Å². The summed E-state index contributed by atoms with van der Waals surface area (Å²) in [6.07, 6.45) is 1.78. The molecule has 1 aromatic rings. The predicted octanol–water partition coefficient (Wildman–Crippen LogP) is 2.63. The summed E-state index contributed by atoms with van der Waals surface area (Å²) in [6, 6.07) is 5.87. The first-order chi connectivity index (χ1) is 6.65. The maximum atomic E-state index is 6.07. The summed E-state index contributed by atoms with van der Waals surface area (Å²) >= 11 is 6.07. The maximum absolute atomic E-state index is 6.07. The van der Waals surface area contributed by atoms with Crippen LogP contribution in [0.15, 0.2) is 18.2 Å². The van der Waals surface area contributed by atoms with Gasteiger partial charge in [0.05, 0.1) is 7.11 Å². The van der Waals surface area contributed by atoms with Crippen LogP contribution in [-0.4, -0.2) is 13.2 Å². The molecule has 0 amide bonds. The minimum absolute atomic E-state index is 0.191. The third-order valence-electron chi connectivity index (χ3n) is 2.15. The van der Waals surface area contributed by atoms with Crippen molar-refractivity contribution < 1.29 is 4.74 Å². The molecule has 0 unspecified atom stereocenters. The summed E-state index contributed by atoms with van der Waals surface area (Å²) in [5, 5.41) is 0.755. The van der Waals surface area contributed by atoms with Gasteiger partial charge in [-0.2, -0.15) is 0 Å². The van der Waals surface area contributed by atoms with E-state index in [9.17, 15) is 0 Å². The molecule has 2 N–H and O–H groups in total. The van der Waals surface area contributed by atoms with Gasteiger partial charge in [-0.25, -0.2) is 0 Å². The van der Waals surface area contributed by atoms with Gasteiger partial charge in [-0.05, 0) is 31.9 Å². The lowest BCUT2D eigenvalue weighted by Gasteiger charge is -2.11. The van der Waals surface area contributed by atoms with E-state index in [-0.39, 0.29) is 6.04 Å². The number of halogens is 1. The Morgan fingerprint density at radius 3 is 2.79 bits per heavy atom. The zero-order valence-electron chi connectivity index (χ0n) is 8.59. The minimum Gasteiger partial charge on any atom is -0.496 e. The predicted molar refractivity (Wildman–Crippen MR) is 60.0 cm³/mol. The van der Waals surface area contributed by atoms with Gasteiger partial charge in [0.2, 0.25) is 0 Å². The van der Waals surface area contributed by atoms with E-state index < -0.39 is 0 Å². The third-order valence-corrected chi connectivity index (χ3v) is 2.50. The van der Waals surface area contributed by atoms with Gasteiger partial charge < -0.3 is 10.5 Å². The van der Waals surface area contributed by atoms with Crippen LogP contribution in [0.2, 0.25) is 5.02 Å². The first-order valence-corrected chi connectivity index (χ1v) is 5.10. The molecule has 78 valence electrons. The first kappa shape index (κ1) is 11.3. The minimum atomic E-state index is 0.191. The fourth-order valence-electron chi connectivity index (χ4n) is 1.34. The number of methoxy groups -OCH3 is 1. The average Bonchev–Trinajstić information content (AvgIpc) is 2.15. The maximum Gasteiger partial charge on any atom is 0.123 e.